The molecule has 0 unspecified atom stereocenters. The highest BCUT2D eigenvalue weighted by molar-refractivity contribution is 5.95. The van der Waals surface area contributed by atoms with Crippen molar-refractivity contribution in [2.75, 3.05) is 50.3 Å². The monoisotopic (exact) mass is 546 g/mol. The highest BCUT2D eigenvalue weighted by Gasteiger charge is 2.13. The van der Waals surface area contributed by atoms with Gasteiger partial charge >= 0.3 is 23.9 Å². The third-order valence-corrected chi connectivity index (χ3v) is 4.55. The number of nitrogens with one attached hydrogen (secondary N) is 2. The zero-order chi connectivity index (χ0) is 28.6. The fraction of sp³-hybridized carbons (Fsp3) is 0.280. The molecule has 0 fully saturated rings. The number of anilines is 2. The maximum Gasteiger partial charge on any atom is 0.344 e. The molecular weight excluding hydrogens is 520 g/mol. The zero-order valence-electron chi connectivity index (χ0n) is 20.5. The molecule has 0 heterocycles. The molecule has 2 aromatic carbocycles. The van der Waals surface area contributed by atoms with E-state index in [4.69, 9.17) is 29.2 Å². The Morgan fingerprint density at radius 3 is 1.26 bits per heavy atom. The Bertz CT molecular complexity index is 1070. The largest absolute Gasteiger partial charge is 0.463 e. The second-order valence-electron chi connectivity index (χ2n) is 7.51. The molecule has 39 heavy (non-hydrogen) atoms. The number of esters is 4. The minimum absolute atomic E-state index is 0.123. The van der Waals surface area contributed by atoms with Crippen molar-refractivity contribution in [3.63, 3.8) is 0 Å². The van der Waals surface area contributed by atoms with Crippen LogP contribution in [0.5, 0.6) is 0 Å². The lowest BCUT2D eigenvalue weighted by molar-refractivity contribution is -0.150. The number of aliphatic hydroxyl groups is 2. The van der Waals surface area contributed by atoms with Crippen LogP contribution in [0.4, 0.5) is 11.4 Å². The first kappa shape index (κ1) is 30.4. The summed E-state index contributed by atoms with van der Waals surface area (Å²) >= 11 is 0. The fourth-order valence-corrected chi connectivity index (χ4v) is 2.71. The Hall–Kier alpha value is -4.82. The van der Waals surface area contributed by atoms with Crippen LogP contribution in [-0.2, 0) is 38.1 Å². The Morgan fingerprint density at radius 1 is 0.564 bits per heavy atom. The van der Waals surface area contributed by atoms with Gasteiger partial charge in [-0.2, -0.15) is 0 Å². The van der Waals surface area contributed by atoms with Gasteiger partial charge in [0.15, 0.2) is 13.2 Å². The van der Waals surface area contributed by atoms with E-state index in [1.807, 2.05) is 0 Å². The van der Waals surface area contributed by atoms with Gasteiger partial charge in [-0.1, -0.05) is 0 Å². The molecule has 0 saturated carbocycles. The quantitative estimate of drug-likeness (QED) is 0.141. The predicted molar refractivity (Wildman–Crippen MR) is 131 cm³/mol. The molecule has 0 atom stereocenters. The van der Waals surface area contributed by atoms with Crippen LogP contribution in [-0.4, -0.2) is 85.5 Å². The van der Waals surface area contributed by atoms with Crippen molar-refractivity contribution in [3.05, 3.63) is 59.7 Å². The number of carbonyl (C=O) groups is 6. The molecule has 0 aliphatic heterocycles. The first-order valence-electron chi connectivity index (χ1n) is 11.4. The second kappa shape index (κ2) is 16.1. The van der Waals surface area contributed by atoms with Gasteiger partial charge in [-0.15, -0.1) is 0 Å². The van der Waals surface area contributed by atoms with Crippen LogP contribution < -0.4 is 10.6 Å². The summed E-state index contributed by atoms with van der Waals surface area (Å²) in [6.45, 7) is -2.90. The van der Waals surface area contributed by atoms with Gasteiger partial charge in [0, 0.05) is 17.8 Å². The van der Waals surface area contributed by atoms with Crippen molar-refractivity contribution in [3.8, 4) is 0 Å². The van der Waals surface area contributed by atoms with Gasteiger partial charge in [0.1, 0.15) is 13.2 Å². The topological polar surface area (TPSA) is 204 Å². The number of hydrogen-bond acceptors (Lipinski definition) is 12. The molecule has 0 radical (unpaired) electrons. The number of ether oxygens (including phenoxy) is 4. The van der Waals surface area contributed by atoms with Gasteiger partial charge in [0.25, 0.3) is 0 Å². The molecular formula is C25H26N2O12. The molecule has 0 aromatic heterocycles. The van der Waals surface area contributed by atoms with E-state index in [0.717, 1.165) is 0 Å². The summed E-state index contributed by atoms with van der Waals surface area (Å²) in [6, 6.07) is 11.1. The van der Waals surface area contributed by atoms with E-state index in [0.29, 0.717) is 11.4 Å². The lowest BCUT2D eigenvalue weighted by atomic mass is 10.2. The van der Waals surface area contributed by atoms with E-state index in [1.165, 1.54) is 48.5 Å². The molecule has 14 nitrogen and oxygen atoms in total. The molecule has 2 amide bonds. The molecule has 2 aromatic rings. The summed E-state index contributed by atoms with van der Waals surface area (Å²) in [5.74, 6) is -4.45. The summed E-state index contributed by atoms with van der Waals surface area (Å²) in [7, 11) is 0. The van der Waals surface area contributed by atoms with Crippen molar-refractivity contribution in [1.82, 2.24) is 0 Å². The Morgan fingerprint density at radius 2 is 0.923 bits per heavy atom. The van der Waals surface area contributed by atoms with Gasteiger partial charge in [-0.3, -0.25) is 9.59 Å². The fourth-order valence-electron chi connectivity index (χ4n) is 2.71. The van der Waals surface area contributed by atoms with Crippen LogP contribution in [0.25, 0.3) is 0 Å². The SMILES string of the molecule is O=C(CO)Nc1ccc(C(=O)OCC(=O)OCCCOC(=O)COC(=O)c2ccc(NC(=O)CO)cc2)cc1. The van der Waals surface area contributed by atoms with Gasteiger partial charge in [0.2, 0.25) is 11.8 Å². The van der Waals surface area contributed by atoms with E-state index >= 15 is 0 Å². The Labute approximate surface area is 221 Å². The minimum Gasteiger partial charge on any atom is -0.463 e. The van der Waals surface area contributed by atoms with Crippen LogP contribution in [0.3, 0.4) is 0 Å². The Balaban J connectivity index is 1.57. The maximum absolute atomic E-state index is 12.0. The molecule has 2 rings (SSSR count). The summed E-state index contributed by atoms with van der Waals surface area (Å²) in [5.41, 5.74) is 0.977. The van der Waals surface area contributed by atoms with Crippen LogP contribution in [0.2, 0.25) is 0 Å². The maximum atomic E-state index is 12.0. The lowest BCUT2D eigenvalue weighted by Crippen LogP contribution is -2.19. The van der Waals surface area contributed by atoms with Gasteiger partial charge in [0.05, 0.1) is 24.3 Å². The van der Waals surface area contributed by atoms with Crippen molar-refractivity contribution < 1.29 is 57.9 Å². The molecule has 4 N–H and O–H groups in total. The minimum atomic E-state index is -0.822. The molecule has 0 aliphatic rings. The van der Waals surface area contributed by atoms with E-state index in [9.17, 15) is 28.8 Å². The average Bonchev–Trinajstić information content (AvgIpc) is 2.95. The molecule has 0 bridgehead atoms. The number of benzene rings is 2. The number of aliphatic hydroxyl groups excluding tert-OH is 2. The highest BCUT2D eigenvalue weighted by Crippen LogP contribution is 2.11. The van der Waals surface area contributed by atoms with Crippen LogP contribution in [0, 0.1) is 0 Å². The molecule has 0 saturated heterocycles. The molecule has 14 heteroatoms. The van der Waals surface area contributed by atoms with E-state index < -0.39 is 62.1 Å². The number of rotatable bonds is 14. The van der Waals surface area contributed by atoms with Gasteiger partial charge < -0.3 is 39.8 Å². The average molecular weight is 546 g/mol. The van der Waals surface area contributed by atoms with Gasteiger partial charge in [-0.05, 0) is 48.5 Å². The summed E-state index contributed by atoms with van der Waals surface area (Å²) in [4.78, 5) is 69.6. The lowest BCUT2D eigenvalue weighted by Gasteiger charge is -2.08. The normalized spacial score (nSPS) is 10.1. The summed E-state index contributed by atoms with van der Waals surface area (Å²) < 4.78 is 19.4. The van der Waals surface area contributed by atoms with E-state index in [2.05, 4.69) is 10.6 Å². The highest BCUT2D eigenvalue weighted by atomic mass is 16.6. The van der Waals surface area contributed by atoms with Crippen LogP contribution in [0.1, 0.15) is 27.1 Å². The second-order valence-corrected chi connectivity index (χ2v) is 7.51. The van der Waals surface area contributed by atoms with Crippen LogP contribution >= 0.6 is 0 Å². The first-order chi connectivity index (χ1) is 18.7. The van der Waals surface area contributed by atoms with E-state index in [1.54, 1.807) is 0 Å². The van der Waals surface area contributed by atoms with E-state index in [-0.39, 0.29) is 30.8 Å². The van der Waals surface area contributed by atoms with Crippen molar-refractivity contribution in [2.45, 2.75) is 6.42 Å². The third kappa shape index (κ3) is 11.4. The van der Waals surface area contributed by atoms with Crippen molar-refractivity contribution in [1.29, 1.82) is 0 Å². The van der Waals surface area contributed by atoms with Crippen molar-refractivity contribution in [2.24, 2.45) is 0 Å². The van der Waals surface area contributed by atoms with Crippen LogP contribution in [0.15, 0.2) is 48.5 Å². The third-order valence-electron chi connectivity index (χ3n) is 4.55. The van der Waals surface area contributed by atoms with Crippen molar-refractivity contribution >= 4 is 47.1 Å². The predicted octanol–water partition coefficient (Wildman–Crippen LogP) is 0.0385. The van der Waals surface area contributed by atoms with Gasteiger partial charge in [-0.25, -0.2) is 19.2 Å². The first-order valence-corrected chi connectivity index (χ1v) is 11.4. The smallest absolute Gasteiger partial charge is 0.344 e. The molecule has 0 aliphatic carbocycles. The summed E-state index contributed by atoms with van der Waals surface area (Å²) in [5, 5.41) is 22.2. The number of carbonyl (C=O) groups excluding carboxylic acids is 6. The standard InChI is InChI=1S/C25H26N2O12/c28-12-20(30)26-18-6-2-16(3-7-18)24(34)38-14-22(32)36-10-1-11-37-23(33)15-39-25(35)17-4-8-19(9-5-17)27-21(31)13-29/h2-9,28-29H,1,10-15H2,(H,26,30)(H,27,31). The molecule has 0 spiro atoms. The zero-order valence-corrected chi connectivity index (χ0v) is 20.5. The molecule has 208 valence electrons. The Kier molecular flexibility index (Phi) is 12.6. The summed E-state index contributed by atoms with van der Waals surface area (Å²) in [6.07, 6.45) is 0.140. The number of amides is 2. The number of hydrogen-bond donors (Lipinski definition) is 4.